The molecular formula is C28H28Cl4N4O2. The Labute approximate surface area is 244 Å². The summed E-state index contributed by atoms with van der Waals surface area (Å²) in [6.45, 7) is 4.71. The number of carbonyl (C=O) groups excluding carboxylic acids is 1. The first kappa shape index (κ1) is 29.8. The van der Waals surface area contributed by atoms with Crippen LogP contribution < -0.4 is 10.2 Å². The number of piperazine rings is 1. The van der Waals surface area contributed by atoms with Gasteiger partial charge in [0.2, 0.25) is 0 Å². The van der Waals surface area contributed by atoms with Crippen LogP contribution in [0.2, 0.25) is 10.0 Å². The molecule has 0 bridgehead atoms. The van der Waals surface area contributed by atoms with E-state index in [1.165, 1.54) is 5.69 Å². The third-order valence-corrected chi connectivity index (χ3v) is 6.81. The van der Waals surface area contributed by atoms with Gasteiger partial charge in [0.05, 0.1) is 16.8 Å². The third-order valence-electron chi connectivity index (χ3n) is 6.33. The Kier molecular flexibility index (Phi) is 10.9. The molecule has 3 aromatic carbocycles. The van der Waals surface area contributed by atoms with Gasteiger partial charge in [-0.25, -0.2) is 4.79 Å². The van der Waals surface area contributed by atoms with Gasteiger partial charge in [-0.2, -0.15) is 0 Å². The highest BCUT2D eigenvalue weighted by Crippen LogP contribution is 2.29. The summed E-state index contributed by atoms with van der Waals surface area (Å²) in [4.78, 5) is 22.0. The number of rotatable bonds is 7. The van der Waals surface area contributed by atoms with Crippen molar-refractivity contribution in [3.63, 3.8) is 0 Å². The van der Waals surface area contributed by atoms with Crippen molar-refractivity contribution in [1.82, 2.24) is 9.88 Å². The molecule has 10 heteroatoms. The Balaban J connectivity index is 0.00000200. The molecule has 0 spiro atoms. The first-order valence-electron chi connectivity index (χ1n) is 11.9. The van der Waals surface area contributed by atoms with Gasteiger partial charge in [0.25, 0.3) is 0 Å². The second-order valence-electron chi connectivity index (χ2n) is 8.63. The number of pyridine rings is 1. The zero-order chi connectivity index (χ0) is 24.9. The molecule has 1 fully saturated rings. The van der Waals surface area contributed by atoms with Crippen molar-refractivity contribution in [2.24, 2.45) is 0 Å². The Bertz CT molecular complexity index is 1360. The highest BCUT2D eigenvalue weighted by Gasteiger charge is 2.18. The van der Waals surface area contributed by atoms with E-state index in [1.54, 1.807) is 12.3 Å². The quantitative estimate of drug-likeness (QED) is 0.230. The number of fused-ring (bicyclic) bond motifs is 1. The van der Waals surface area contributed by atoms with Gasteiger partial charge in [-0.05, 0) is 60.7 Å². The average Bonchev–Trinajstić information content (AvgIpc) is 2.90. The van der Waals surface area contributed by atoms with Gasteiger partial charge in [0.15, 0.2) is 0 Å². The number of hydrogen-bond donors (Lipinski definition) is 1. The van der Waals surface area contributed by atoms with Crippen LogP contribution in [0.3, 0.4) is 0 Å². The maximum absolute atomic E-state index is 12.9. The Morgan fingerprint density at radius 3 is 2.34 bits per heavy atom. The van der Waals surface area contributed by atoms with Gasteiger partial charge in [0.1, 0.15) is 6.61 Å². The minimum absolute atomic E-state index is 0. The highest BCUT2D eigenvalue weighted by atomic mass is 35.5. The van der Waals surface area contributed by atoms with E-state index < -0.39 is 0 Å². The van der Waals surface area contributed by atoms with E-state index in [1.807, 2.05) is 54.6 Å². The lowest BCUT2D eigenvalue weighted by atomic mass is 10.1. The average molecular weight is 594 g/mol. The van der Waals surface area contributed by atoms with Crippen LogP contribution in [0.25, 0.3) is 10.9 Å². The van der Waals surface area contributed by atoms with Crippen molar-refractivity contribution >= 4 is 82.0 Å². The van der Waals surface area contributed by atoms with Crippen molar-refractivity contribution in [2.45, 2.75) is 0 Å². The van der Waals surface area contributed by atoms with Crippen LogP contribution in [0.5, 0.6) is 0 Å². The SMILES string of the molecule is Cl.Cl.O=C(OCCN1CCN(c2ccc(Cl)cc2)CC1)c1ccccc1Nc1ccnc2cc(Cl)ccc12. The maximum atomic E-state index is 12.9. The summed E-state index contributed by atoms with van der Waals surface area (Å²) >= 11 is 12.1. The molecule has 0 radical (unpaired) electrons. The molecule has 1 aliphatic rings. The van der Waals surface area contributed by atoms with Crippen molar-refractivity contribution in [2.75, 3.05) is 49.5 Å². The fourth-order valence-corrected chi connectivity index (χ4v) is 4.66. The highest BCUT2D eigenvalue weighted by molar-refractivity contribution is 6.31. The zero-order valence-electron chi connectivity index (χ0n) is 20.5. The van der Waals surface area contributed by atoms with Crippen molar-refractivity contribution in [1.29, 1.82) is 0 Å². The van der Waals surface area contributed by atoms with Gasteiger partial charge >= 0.3 is 5.97 Å². The normalized spacial score (nSPS) is 13.4. The smallest absolute Gasteiger partial charge is 0.340 e. The number of anilines is 3. The van der Waals surface area contributed by atoms with E-state index in [4.69, 9.17) is 27.9 Å². The molecule has 38 heavy (non-hydrogen) atoms. The third kappa shape index (κ3) is 7.22. The summed E-state index contributed by atoms with van der Waals surface area (Å²) in [6, 6.07) is 22.7. The molecule has 0 atom stereocenters. The molecule has 200 valence electrons. The van der Waals surface area contributed by atoms with Crippen LogP contribution in [-0.4, -0.2) is 55.2 Å². The lowest BCUT2D eigenvalue weighted by Crippen LogP contribution is -2.47. The number of ether oxygens (including phenoxy) is 1. The van der Waals surface area contributed by atoms with Gasteiger partial charge in [-0.15, -0.1) is 24.8 Å². The van der Waals surface area contributed by atoms with E-state index in [2.05, 4.69) is 32.2 Å². The van der Waals surface area contributed by atoms with Crippen LogP contribution >= 0.6 is 48.0 Å². The molecular weight excluding hydrogens is 566 g/mol. The summed E-state index contributed by atoms with van der Waals surface area (Å²) in [5, 5.41) is 5.66. The summed E-state index contributed by atoms with van der Waals surface area (Å²) in [6.07, 6.45) is 1.72. The maximum Gasteiger partial charge on any atom is 0.340 e. The van der Waals surface area contributed by atoms with Crippen LogP contribution in [0.4, 0.5) is 17.1 Å². The minimum atomic E-state index is -0.348. The molecule has 5 rings (SSSR count). The van der Waals surface area contributed by atoms with E-state index >= 15 is 0 Å². The van der Waals surface area contributed by atoms with Crippen molar-refractivity contribution in [3.05, 3.63) is 94.6 Å². The predicted molar refractivity (Wildman–Crippen MR) is 161 cm³/mol. The Morgan fingerprint density at radius 1 is 0.868 bits per heavy atom. The summed E-state index contributed by atoms with van der Waals surface area (Å²) in [5.41, 5.74) is 3.98. The van der Waals surface area contributed by atoms with Gasteiger partial charge in [0, 0.05) is 65.7 Å². The van der Waals surface area contributed by atoms with Crippen LogP contribution in [0.15, 0.2) is 79.0 Å². The van der Waals surface area contributed by atoms with E-state index in [9.17, 15) is 4.79 Å². The van der Waals surface area contributed by atoms with E-state index in [-0.39, 0.29) is 30.8 Å². The number of aromatic nitrogens is 1. The Morgan fingerprint density at radius 2 is 1.58 bits per heavy atom. The van der Waals surface area contributed by atoms with Gasteiger partial charge in [-0.1, -0.05) is 35.3 Å². The van der Waals surface area contributed by atoms with Crippen LogP contribution in [0.1, 0.15) is 10.4 Å². The second-order valence-corrected chi connectivity index (χ2v) is 9.50. The number of para-hydroxylation sites is 1. The number of benzene rings is 3. The van der Waals surface area contributed by atoms with E-state index in [0.717, 1.165) is 47.8 Å². The fraction of sp³-hybridized carbons (Fsp3) is 0.214. The number of esters is 1. The largest absolute Gasteiger partial charge is 0.461 e. The summed E-state index contributed by atoms with van der Waals surface area (Å²) in [7, 11) is 0. The molecule has 0 unspecified atom stereocenters. The van der Waals surface area contributed by atoms with E-state index in [0.29, 0.717) is 29.4 Å². The molecule has 2 heterocycles. The predicted octanol–water partition coefficient (Wildman–Crippen LogP) is 7.11. The number of halogens is 4. The van der Waals surface area contributed by atoms with Crippen LogP contribution in [0, 0.1) is 0 Å². The molecule has 1 saturated heterocycles. The van der Waals surface area contributed by atoms with Crippen molar-refractivity contribution in [3.8, 4) is 0 Å². The first-order chi connectivity index (χ1) is 17.6. The molecule has 0 saturated carbocycles. The molecule has 4 aromatic rings. The Hall–Kier alpha value is -2.74. The number of hydrogen-bond acceptors (Lipinski definition) is 6. The van der Waals surface area contributed by atoms with Gasteiger partial charge < -0.3 is 15.0 Å². The molecule has 0 aliphatic carbocycles. The number of nitrogens with zero attached hydrogens (tertiary/aromatic N) is 3. The topological polar surface area (TPSA) is 57.7 Å². The number of carbonyl (C=O) groups is 1. The second kappa shape index (κ2) is 13.9. The molecule has 1 N–H and O–H groups in total. The van der Waals surface area contributed by atoms with Crippen LogP contribution in [-0.2, 0) is 4.74 Å². The lowest BCUT2D eigenvalue weighted by molar-refractivity contribution is 0.0460. The van der Waals surface area contributed by atoms with Gasteiger partial charge in [-0.3, -0.25) is 9.88 Å². The summed E-state index contributed by atoms with van der Waals surface area (Å²) in [5.74, 6) is -0.348. The fourth-order valence-electron chi connectivity index (χ4n) is 4.37. The standard InChI is InChI=1S/C28H26Cl2N4O2.2ClH/c29-20-5-8-22(9-6-20)34-15-13-33(14-16-34)17-18-36-28(35)24-3-1-2-4-25(24)32-26-11-12-31-27-19-21(30)7-10-23(26)27;;/h1-12,19H,13-18H2,(H,31,32);2*1H. The number of nitrogens with one attached hydrogen (secondary N) is 1. The monoisotopic (exact) mass is 592 g/mol. The van der Waals surface area contributed by atoms with Crippen molar-refractivity contribution < 1.29 is 9.53 Å². The molecule has 1 aromatic heterocycles. The zero-order valence-corrected chi connectivity index (χ0v) is 23.6. The molecule has 1 aliphatic heterocycles. The first-order valence-corrected chi connectivity index (χ1v) is 12.6. The molecule has 6 nitrogen and oxygen atoms in total. The summed E-state index contributed by atoms with van der Waals surface area (Å²) < 4.78 is 5.66. The lowest BCUT2D eigenvalue weighted by Gasteiger charge is -2.36. The molecule has 0 amide bonds. The minimum Gasteiger partial charge on any atom is -0.461 e.